The first-order chi connectivity index (χ1) is 10.4. The lowest BCUT2D eigenvalue weighted by Crippen LogP contribution is -2.45. The van der Waals surface area contributed by atoms with Gasteiger partial charge in [-0.2, -0.15) is 18.4 Å². The van der Waals surface area contributed by atoms with E-state index >= 15 is 0 Å². The van der Waals surface area contributed by atoms with E-state index in [4.69, 9.17) is 5.26 Å². The summed E-state index contributed by atoms with van der Waals surface area (Å²) in [5, 5.41) is 12.0. The molecule has 1 aliphatic heterocycles. The van der Waals surface area contributed by atoms with Gasteiger partial charge in [0, 0.05) is 38.6 Å². The van der Waals surface area contributed by atoms with Crippen molar-refractivity contribution in [3.05, 3.63) is 35.1 Å². The molecule has 0 aliphatic carbocycles. The zero-order chi connectivity index (χ0) is 16.2. The molecular formula is C15H17F4N3. The maximum atomic E-state index is 13.4. The van der Waals surface area contributed by atoms with Gasteiger partial charge in [0.1, 0.15) is 11.9 Å². The molecule has 120 valence electrons. The molecule has 0 radical (unpaired) electrons. The second-order valence-corrected chi connectivity index (χ2v) is 5.31. The van der Waals surface area contributed by atoms with Crippen LogP contribution in [0, 0.1) is 17.1 Å². The minimum absolute atomic E-state index is 0.0972. The fraction of sp³-hybridized carbons (Fsp3) is 0.533. The van der Waals surface area contributed by atoms with Crippen molar-refractivity contribution in [2.24, 2.45) is 0 Å². The number of nitrogens with one attached hydrogen (secondary N) is 1. The van der Waals surface area contributed by atoms with E-state index in [-0.39, 0.29) is 12.0 Å². The van der Waals surface area contributed by atoms with E-state index in [0.717, 1.165) is 6.07 Å². The number of hydrogen-bond acceptors (Lipinski definition) is 3. The monoisotopic (exact) mass is 315 g/mol. The van der Waals surface area contributed by atoms with Gasteiger partial charge < -0.3 is 5.32 Å². The van der Waals surface area contributed by atoms with Crippen LogP contribution in [0.3, 0.4) is 0 Å². The molecule has 0 aromatic heterocycles. The molecule has 0 saturated carbocycles. The summed E-state index contributed by atoms with van der Waals surface area (Å²) in [4.78, 5) is 1.95. The Bertz CT molecular complexity index is 545. The third-order valence-corrected chi connectivity index (χ3v) is 3.79. The molecule has 1 aromatic carbocycles. The molecule has 7 heteroatoms. The van der Waals surface area contributed by atoms with Crippen molar-refractivity contribution in [2.45, 2.75) is 25.1 Å². The van der Waals surface area contributed by atoms with Gasteiger partial charge in [0.25, 0.3) is 0 Å². The van der Waals surface area contributed by atoms with Gasteiger partial charge in [-0.25, -0.2) is 4.39 Å². The Morgan fingerprint density at radius 2 is 1.95 bits per heavy atom. The topological polar surface area (TPSA) is 39.1 Å². The normalized spacial score (nSPS) is 18.0. The highest BCUT2D eigenvalue weighted by Crippen LogP contribution is 2.32. The van der Waals surface area contributed by atoms with Crippen LogP contribution in [-0.4, -0.2) is 37.3 Å². The maximum absolute atomic E-state index is 13.4. The fourth-order valence-corrected chi connectivity index (χ4v) is 2.69. The van der Waals surface area contributed by atoms with Gasteiger partial charge in [0.15, 0.2) is 0 Å². The molecule has 0 spiro atoms. The number of halogens is 4. The maximum Gasteiger partial charge on any atom is 0.389 e. The predicted molar refractivity (Wildman–Crippen MR) is 73.6 cm³/mol. The third-order valence-electron chi connectivity index (χ3n) is 3.79. The fourth-order valence-electron chi connectivity index (χ4n) is 2.69. The first-order valence-electron chi connectivity index (χ1n) is 7.12. The highest BCUT2D eigenvalue weighted by molar-refractivity contribution is 5.35. The molecule has 0 amide bonds. The average Bonchev–Trinajstić information content (AvgIpc) is 2.49. The standard InChI is InChI=1S/C15H17F4N3/c16-13-2-1-11(9-12(13)10-20)14(3-4-15(17,18)19)22-7-5-21-6-8-22/h1-2,9,14,21H,3-8H2/t14-/m1/s1. The number of benzene rings is 1. The molecule has 3 nitrogen and oxygen atoms in total. The Hall–Kier alpha value is -1.65. The van der Waals surface area contributed by atoms with E-state index in [1.807, 2.05) is 4.90 Å². The molecule has 0 unspecified atom stereocenters. The highest BCUT2D eigenvalue weighted by Gasteiger charge is 2.31. The minimum atomic E-state index is -4.23. The molecular weight excluding hydrogens is 298 g/mol. The molecule has 0 bridgehead atoms. The van der Waals surface area contributed by atoms with Crippen molar-refractivity contribution in [3.63, 3.8) is 0 Å². The van der Waals surface area contributed by atoms with Crippen LogP contribution in [0.1, 0.15) is 30.0 Å². The summed E-state index contributed by atoms with van der Waals surface area (Å²) in [6.07, 6.45) is -5.23. The molecule has 1 fully saturated rings. The van der Waals surface area contributed by atoms with Crippen LogP contribution < -0.4 is 5.32 Å². The Labute approximate surface area is 126 Å². The predicted octanol–water partition coefficient (Wildman–Crippen LogP) is 2.99. The lowest BCUT2D eigenvalue weighted by molar-refractivity contribution is -0.138. The smallest absolute Gasteiger partial charge is 0.314 e. The van der Waals surface area contributed by atoms with Gasteiger partial charge in [-0.15, -0.1) is 0 Å². The van der Waals surface area contributed by atoms with E-state index in [1.54, 1.807) is 6.07 Å². The van der Waals surface area contributed by atoms with Gasteiger partial charge in [-0.3, -0.25) is 4.90 Å². The summed E-state index contributed by atoms with van der Waals surface area (Å²) in [6, 6.07) is 5.26. The van der Waals surface area contributed by atoms with Crippen molar-refractivity contribution < 1.29 is 17.6 Å². The number of hydrogen-bond donors (Lipinski definition) is 1. The molecule has 1 aromatic rings. The second-order valence-electron chi connectivity index (χ2n) is 5.31. The Morgan fingerprint density at radius 3 is 2.55 bits per heavy atom. The summed E-state index contributed by atoms with van der Waals surface area (Å²) in [5.41, 5.74) is 0.425. The molecule has 1 heterocycles. The second kappa shape index (κ2) is 7.07. The summed E-state index contributed by atoms with van der Waals surface area (Å²) in [6.45, 7) is 2.66. The molecule has 1 saturated heterocycles. The van der Waals surface area contributed by atoms with Crippen LogP contribution in [0.25, 0.3) is 0 Å². The molecule has 22 heavy (non-hydrogen) atoms. The number of piperazine rings is 1. The number of nitrogens with zero attached hydrogens (tertiary/aromatic N) is 2. The minimum Gasteiger partial charge on any atom is -0.314 e. The van der Waals surface area contributed by atoms with Crippen LogP contribution in [-0.2, 0) is 0 Å². The van der Waals surface area contributed by atoms with Crippen molar-refractivity contribution in [2.75, 3.05) is 26.2 Å². The summed E-state index contributed by atoms with van der Waals surface area (Å²) in [5.74, 6) is -0.652. The van der Waals surface area contributed by atoms with E-state index in [1.165, 1.54) is 12.1 Å². The first-order valence-corrected chi connectivity index (χ1v) is 7.12. The molecule has 1 N–H and O–H groups in total. The summed E-state index contributed by atoms with van der Waals surface area (Å²) < 4.78 is 51.1. The van der Waals surface area contributed by atoms with Gasteiger partial charge >= 0.3 is 6.18 Å². The third kappa shape index (κ3) is 4.42. The quantitative estimate of drug-likeness (QED) is 0.868. The highest BCUT2D eigenvalue weighted by atomic mass is 19.4. The van der Waals surface area contributed by atoms with E-state index in [0.29, 0.717) is 31.7 Å². The number of alkyl halides is 3. The zero-order valence-corrected chi connectivity index (χ0v) is 12.0. The Kier molecular flexibility index (Phi) is 5.37. The van der Waals surface area contributed by atoms with Crippen LogP contribution in [0.5, 0.6) is 0 Å². The van der Waals surface area contributed by atoms with E-state index in [9.17, 15) is 17.6 Å². The molecule has 1 aliphatic rings. The average molecular weight is 315 g/mol. The lowest BCUT2D eigenvalue weighted by atomic mass is 9.97. The van der Waals surface area contributed by atoms with Crippen molar-refractivity contribution in [1.82, 2.24) is 10.2 Å². The van der Waals surface area contributed by atoms with Crippen molar-refractivity contribution in [3.8, 4) is 6.07 Å². The van der Waals surface area contributed by atoms with Crippen LogP contribution in [0.2, 0.25) is 0 Å². The Balaban J connectivity index is 2.24. The van der Waals surface area contributed by atoms with Gasteiger partial charge in [-0.1, -0.05) is 6.07 Å². The van der Waals surface area contributed by atoms with Crippen LogP contribution in [0.4, 0.5) is 17.6 Å². The van der Waals surface area contributed by atoms with Gasteiger partial charge in [0.2, 0.25) is 0 Å². The van der Waals surface area contributed by atoms with Crippen molar-refractivity contribution >= 4 is 0 Å². The van der Waals surface area contributed by atoms with Gasteiger partial charge in [-0.05, 0) is 24.1 Å². The zero-order valence-electron chi connectivity index (χ0n) is 12.0. The number of nitriles is 1. The van der Waals surface area contributed by atoms with E-state index < -0.39 is 24.5 Å². The Morgan fingerprint density at radius 1 is 1.27 bits per heavy atom. The SMILES string of the molecule is N#Cc1cc([C@@H](CCC(F)(F)F)N2CCNCC2)ccc1F. The molecule has 2 rings (SSSR count). The lowest BCUT2D eigenvalue weighted by Gasteiger charge is -2.35. The van der Waals surface area contributed by atoms with Gasteiger partial charge in [0.05, 0.1) is 5.56 Å². The van der Waals surface area contributed by atoms with Crippen LogP contribution in [0.15, 0.2) is 18.2 Å². The summed E-state index contributed by atoms with van der Waals surface area (Å²) in [7, 11) is 0. The molecule has 1 atom stereocenters. The number of rotatable bonds is 4. The first kappa shape index (κ1) is 16.7. The van der Waals surface area contributed by atoms with E-state index in [2.05, 4.69) is 5.32 Å². The summed E-state index contributed by atoms with van der Waals surface area (Å²) >= 11 is 0. The van der Waals surface area contributed by atoms with Crippen molar-refractivity contribution in [1.29, 1.82) is 5.26 Å². The largest absolute Gasteiger partial charge is 0.389 e. The van der Waals surface area contributed by atoms with Crippen LogP contribution >= 0.6 is 0 Å².